The first kappa shape index (κ1) is 17.8. The van der Waals surface area contributed by atoms with E-state index in [9.17, 15) is 0 Å². The van der Waals surface area contributed by atoms with E-state index >= 15 is 0 Å². The molecule has 0 radical (unpaired) electrons. The van der Waals surface area contributed by atoms with Crippen molar-refractivity contribution in [2.45, 2.75) is 17.0 Å². The summed E-state index contributed by atoms with van der Waals surface area (Å²) in [5.74, 6) is 2.45. The fourth-order valence-electron chi connectivity index (χ4n) is 3.30. The molecule has 146 valence electrons. The Labute approximate surface area is 172 Å². The van der Waals surface area contributed by atoms with E-state index in [2.05, 4.69) is 32.8 Å². The van der Waals surface area contributed by atoms with E-state index in [1.54, 1.807) is 23.5 Å². The van der Waals surface area contributed by atoms with E-state index in [0.717, 1.165) is 33.7 Å². The first-order chi connectivity index (χ1) is 14.3. The molecule has 0 spiro atoms. The van der Waals surface area contributed by atoms with Crippen LogP contribution in [0.3, 0.4) is 0 Å². The van der Waals surface area contributed by atoms with Crippen LogP contribution in [0.2, 0.25) is 0 Å². The number of para-hydroxylation sites is 3. The van der Waals surface area contributed by atoms with Crippen LogP contribution in [0.1, 0.15) is 11.4 Å². The number of fused-ring (bicyclic) bond motifs is 2. The summed E-state index contributed by atoms with van der Waals surface area (Å²) < 4.78 is 13.0. The maximum Gasteiger partial charge on any atom is 0.213 e. The summed E-state index contributed by atoms with van der Waals surface area (Å²) in [6, 6.07) is 15.8. The van der Waals surface area contributed by atoms with Gasteiger partial charge in [-0.3, -0.25) is 0 Å². The largest absolute Gasteiger partial charge is 0.495 e. The number of hydrogen-bond donors (Lipinski definition) is 1. The van der Waals surface area contributed by atoms with Crippen molar-refractivity contribution in [2.75, 3.05) is 19.0 Å². The monoisotopic (exact) mass is 405 g/mol. The van der Waals surface area contributed by atoms with Crippen LogP contribution in [-0.4, -0.2) is 40.1 Å². The van der Waals surface area contributed by atoms with E-state index in [0.29, 0.717) is 13.2 Å². The molecule has 8 heteroatoms. The van der Waals surface area contributed by atoms with Gasteiger partial charge in [0.25, 0.3) is 0 Å². The number of thioether (sulfide) groups is 1. The Morgan fingerprint density at radius 3 is 2.97 bits per heavy atom. The van der Waals surface area contributed by atoms with E-state index in [4.69, 9.17) is 9.47 Å². The average molecular weight is 405 g/mol. The zero-order valence-corrected chi connectivity index (χ0v) is 16.6. The molecule has 2 aliphatic rings. The van der Waals surface area contributed by atoms with E-state index in [-0.39, 0.29) is 5.25 Å². The van der Waals surface area contributed by atoms with Crippen LogP contribution in [0, 0.1) is 0 Å². The van der Waals surface area contributed by atoms with Crippen LogP contribution in [0.4, 0.5) is 5.69 Å². The van der Waals surface area contributed by atoms with Gasteiger partial charge in [0.05, 0.1) is 24.6 Å². The van der Waals surface area contributed by atoms with E-state index in [1.807, 2.05) is 48.7 Å². The van der Waals surface area contributed by atoms with Gasteiger partial charge in [0, 0.05) is 11.8 Å². The number of nitrogens with one attached hydrogen (secondary N) is 1. The molecule has 2 aliphatic heterocycles. The summed E-state index contributed by atoms with van der Waals surface area (Å²) in [6.45, 7) is 1.05. The Balaban J connectivity index is 1.32. The number of ether oxygens (including phenoxy) is 2. The van der Waals surface area contributed by atoms with Crippen molar-refractivity contribution >= 4 is 29.7 Å². The summed E-state index contributed by atoms with van der Waals surface area (Å²) in [4.78, 5) is 0. The number of anilines is 1. The van der Waals surface area contributed by atoms with Gasteiger partial charge in [0.15, 0.2) is 5.82 Å². The SMILES string of the molecule is COc1ccccc1NCc1nnc2n1N=CC(C1=Cc3ccccc3OC1)S2. The fourth-order valence-corrected chi connectivity index (χ4v) is 4.27. The number of methoxy groups -OCH3 is 1. The van der Waals surface area contributed by atoms with Crippen LogP contribution in [0.25, 0.3) is 6.08 Å². The molecule has 0 aliphatic carbocycles. The molecular weight excluding hydrogens is 386 g/mol. The third-order valence-corrected chi connectivity index (χ3v) is 5.93. The summed E-state index contributed by atoms with van der Waals surface area (Å²) >= 11 is 1.63. The number of nitrogens with zero attached hydrogens (tertiary/aromatic N) is 4. The highest BCUT2D eigenvalue weighted by atomic mass is 32.2. The van der Waals surface area contributed by atoms with Crippen LogP contribution >= 0.6 is 11.8 Å². The zero-order valence-electron chi connectivity index (χ0n) is 15.8. The van der Waals surface area contributed by atoms with Crippen LogP contribution in [-0.2, 0) is 6.54 Å². The van der Waals surface area contributed by atoms with Crippen molar-refractivity contribution < 1.29 is 9.47 Å². The van der Waals surface area contributed by atoms with Crippen molar-refractivity contribution in [3.63, 3.8) is 0 Å². The highest BCUT2D eigenvalue weighted by molar-refractivity contribution is 8.00. The van der Waals surface area contributed by atoms with E-state index in [1.165, 1.54) is 5.57 Å². The number of aromatic nitrogens is 3. The fraction of sp³-hybridized carbons (Fsp3) is 0.190. The second-order valence-corrected chi connectivity index (χ2v) is 7.72. The molecule has 0 saturated heterocycles. The lowest BCUT2D eigenvalue weighted by Gasteiger charge is -2.23. The second kappa shape index (κ2) is 7.63. The topological polar surface area (TPSA) is 73.6 Å². The molecule has 2 aromatic carbocycles. The molecule has 3 heterocycles. The van der Waals surface area contributed by atoms with Crippen LogP contribution < -0.4 is 14.8 Å². The molecule has 0 bridgehead atoms. The molecule has 1 atom stereocenters. The van der Waals surface area contributed by atoms with Gasteiger partial charge in [0.2, 0.25) is 5.16 Å². The van der Waals surface area contributed by atoms with Crippen molar-refractivity contribution in [3.05, 3.63) is 65.5 Å². The first-order valence-electron chi connectivity index (χ1n) is 9.26. The molecule has 0 fully saturated rings. The molecule has 0 saturated carbocycles. The molecule has 1 unspecified atom stereocenters. The highest BCUT2D eigenvalue weighted by Gasteiger charge is 2.26. The van der Waals surface area contributed by atoms with Crippen LogP contribution in [0.15, 0.2) is 64.4 Å². The maximum absolute atomic E-state index is 5.88. The lowest BCUT2D eigenvalue weighted by molar-refractivity contribution is 0.346. The minimum atomic E-state index is 0.0788. The molecule has 0 amide bonds. The summed E-state index contributed by atoms with van der Waals surface area (Å²) in [5.41, 5.74) is 3.16. The summed E-state index contributed by atoms with van der Waals surface area (Å²) in [5, 5.41) is 17.4. The van der Waals surface area contributed by atoms with Gasteiger partial charge in [-0.05, 0) is 29.8 Å². The van der Waals surface area contributed by atoms with Gasteiger partial charge >= 0.3 is 0 Å². The molecule has 7 nitrogen and oxygen atoms in total. The Morgan fingerprint density at radius 1 is 1.17 bits per heavy atom. The Morgan fingerprint density at radius 2 is 2.03 bits per heavy atom. The molecular formula is C21H19N5O2S. The Hall–Kier alpha value is -3.26. The van der Waals surface area contributed by atoms with Crippen molar-refractivity contribution in [1.82, 2.24) is 14.9 Å². The number of rotatable bonds is 5. The molecule has 1 aromatic heterocycles. The normalized spacial score (nSPS) is 17.0. The summed E-state index contributed by atoms with van der Waals surface area (Å²) in [6.07, 6.45) is 4.11. The predicted molar refractivity (Wildman–Crippen MR) is 114 cm³/mol. The predicted octanol–water partition coefficient (Wildman–Crippen LogP) is 3.68. The van der Waals surface area contributed by atoms with Crippen molar-refractivity contribution in [1.29, 1.82) is 0 Å². The second-order valence-electron chi connectivity index (χ2n) is 6.61. The molecule has 1 N–H and O–H groups in total. The smallest absolute Gasteiger partial charge is 0.213 e. The maximum atomic E-state index is 5.88. The highest BCUT2D eigenvalue weighted by Crippen LogP contribution is 2.34. The molecule has 29 heavy (non-hydrogen) atoms. The number of benzene rings is 2. The quantitative estimate of drug-likeness (QED) is 0.698. The van der Waals surface area contributed by atoms with Gasteiger partial charge in [0.1, 0.15) is 18.1 Å². The minimum Gasteiger partial charge on any atom is -0.495 e. The van der Waals surface area contributed by atoms with Crippen molar-refractivity contribution in [2.24, 2.45) is 5.10 Å². The first-order valence-corrected chi connectivity index (χ1v) is 10.1. The average Bonchev–Trinajstić information content (AvgIpc) is 3.19. The molecule has 3 aromatic rings. The van der Waals surface area contributed by atoms with Gasteiger partial charge in [-0.1, -0.05) is 42.1 Å². The zero-order chi connectivity index (χ0) is 19.6. The minimum absolute atomic E-state index is 0.0788. The van der Waals surface area contributed by atoms with E-state index < -0.39 is 0 Å². The third kappa shape index (κ3) is 3.47. The molecule has 5 rings (SSSR count). The standard InChI is InChI=1S/C21H19N5O2S/c1-27-18-9-5-3-7-16(18)22-12-20-24-25-21-26(20)23-11-19(29-21)15-10-14-6-2-4-8-17(14)28-13-15/h2-11,19,22H,12-13H2,1H3. The Bertz CT molecular complexity index is 1110. The van der Waals surface area contributed by atoms with Crippen LogP contribution in [0.5, 0.6) is 11.5 Å². The Kier molecular flexibility index (Phi) is 4.69. The van der Waals surface area contributed by atoms with Gasteiger partial charge in [-0.25, -0.2) is 0 Å². The lowest BCUT2D eigenvalue weighted by Crippen LogP contribution is -2.22. The lowest BCUT2D eigenvalue weighted by atomic mass is 10.1. The van der Waals surface area contributed by atoms with Gasteiger partial charge in [-0.2, -0.15) is 9.78 Å². The summed E-state index contributed by atoms with van der Waals surface area (Å²) in [7, 11) is 1.66. The number of hydrogen-bond acceptors (Lipinski definition) is 7. The van der Waals surface area contributed by atoms with Gasteiger partial charge < -0.3 is 14.8 Å². The van der Waals surface area contributed by atoms with Crippen molar-refractivity contribution in [3.8, 4) is 11.5 Å². The van der Waals surface area contributed by atoms with Gasteiger partial charge in [-0.15, -0.1) is 10.2 Å². The third-order valence-electron chi connectivity index (χ3n) is 4.79.